The van der Waals surface area contributed by atoms with Crippen LogP contribution < -0.4 is 0 Å². The zero-order chi connectivity index (χ0) is 8.28. The minimum atomic E-state index is -4.48. The first-order valence-corrected chi connectivity index (χ1v) is 14.6. The van der Waals surface area contributed by atoms with E-state index >= 15 is 0 Å². The predicted octanol–water partition coefficient (Wildman–Crippen LogP) is 2.66. The third kappa shape index (κ3) is 5.28. The van der Waals surface area contributed by atoms with Gasteiger partial charge in [-0.15, -0.1) is 0 Å². The molecule has 0 spiro atoms. The summed E-state index contributed by atoms with van der Waals surface area (Å²) >= 11 is -4.48. The first-order chi connectivity index (χ1) is 4.39. The van der Waals surface area contributed by atoms with Crippen molar-refractivity contribution in [1.29, 1.82) is 0 Å². The molecular weight excluding hydrogens is 308 g/mol. The molecule has 0 N–H and O–H groups in total. The van der Waals surface area contributed by atoms with Gasteiger partial charge in [0, 0.05) is 0 Å². The van der Waals surface area contributed by atoms with Crippen LogP contribution in [0.1, 0.15) is 13.8 Å². The Morgan fingerprint density at radius 2 is 1.30 bits per heavy atom. The standard InChI is InChI=1S/2C2H5O.3ClH.Sb/c2*1-2-3;;;;/h2*2H2,1H3;3*1H;/q2*-1;;;;+5/p-3. The Balaban J connectivity index is 3.97. The summed E-state index contributed by atoms with van der Waals surface area (Å²) < 4.78 is 9.87. The van der Waals surface area contributed by atoms with Gasteiger partial charge in [0.05, 0.1) is 0 Å². The Labute approximate surface area is 73.9 Å². The van der Waals surface area contributed by atoms with Crippen LogP contribution in [0, 0.1) is 0 Å². The van der Waals surface area contributed by atoms with Crippen molar-refractivity contribution in [2.75, 3.05) is 13.2 Å². The van der Waals surface area contributed by atoms with Crippen molar-refractivity contribution in [2.24, 2.45) is 0 Å². The summed E-state index contributed by atoms with van der Waals surface area (Å²) in [6.45, 7) is 4.27. The van der Waals surface area contributed by atoms with Gasteiger partial charge in [-0.05, 0) is 0 Å². The molecule has 0 saturated heterocycles. The van der Waals surface area contributed by atoms with Crippen LogP contribution in [0.5, 0.6) is 0 Å². The fourth-order valence-electron chi connectivity index (χ4n) is 0.435. The van der Waals surface area contributed by atoms with Crippen LogP contribution in [0.25, 0.3) is 0 Å². The molecule has 0 atom stereocenters. The topological polar surface area (TPSA) is 18.5 Å². The minimum absolute atomic E-state index is 0.373. The summed E-state index contributed by atoms with van der Waals surface area (Å²) in [5.74, 6) is 0. The molecule has 6 heteroatoms. The van der Waals surface area contributed by atoms with Gasteiger partial charge in [0.15, 0.2) is 0 Å². The van der Waals surface area contributed by atoms with Gasteiger partial charge in [0.25, 0.3) is 0 Å². The fraction of sp³-hybridized carbons (Fsp3) is 1.00. The number of halogens is 3. The normalized spacial score (nSPS) is 16.3. The molecule has 0 amide bonds. The van der Waals surface area contributed by atoms with E-state index in [1.54, 1.807) is 13.8 Å². The number of rotatable bonds is 4. The van der Waals surface area contributed by atoms with Gasteiger partial charge in [-0.3, -0.25) is 0 Å². The quantitative estimate of drug-likeness (QED) is 0.742. The van der Waals surface area contributed by atoms with Crippen molar-refractivity contribution in [2.45, 2.75) is 13.8 Å². The fourth-order valence-corrected chi connectivity index (χ4v) is 6.85. The number of hydrogen-bond donors (Lipinski definition) is 0. The van der Waals surface area contributed by atoms with E-state index in [0.717, 1.165) is 0 Å². The van der Waals surface area contributed by atoms with Crippen molar-refractivity contribution < 1.29 is 6.03 Å². The molecular formula is C4H10Cl3O2Sb. The summed E-state index contributed by atoms with van der Waals surface area (Å²) in [6.07, 6.45) is 0. The third-order valence-corrected chi connectivity index (χ3v) is 8.33. The van der Waals surface area contributed by atoms with E-state index in [-0.39, 0.29) is 0 Å². The summed E-state index contributed by atoms with van der Waals surface area (Å²) in [6, 6.07) is 0. The molecule has 0 bridgehead atoms. The monoisotopic (exact) mass is 316 g/mol. The first kappa shape index (κ1) is 11.6. The molecule has 2 nitrogen and oxygen atoms in total. The molecule has 0 aromatic rings. The predicted molar refractivity (Wildman–Crippen MR) is 46.6 cm³/mol. The van der Waals surface area contributed by atoms with Crippen molar-refractivity contribution in [3.8, 4) is 0 Å². The Morgan fingerprint density at radius 3 is 1.50 bits per heavy atom. The van der Waals surface area contributed by atoms with E-state index in [2.05, 4.69) is 0 Å². The molecule has 64 valence electrons. The van der Waals surface area contributed by atoms with Crippen molar-refractivity contribution >= 4 is 41.3 Å². The second-order valence-electron chi connectivity index (χ2n) is 1.52. The zero-order valence-electron chi connectivity index (χ0n) is 5.81. The van der Waals surface area contributed by atoms with Crippen LogP contribution in [0.2, 0.25) is 0 Å². The molecule has 0 aromatic carbocycles. The Hall–Kier alpha value is 1.61. The van der Waals surface area contributed by atoms with E-state index in [1.165, 1.54) is 0 Å². The van der Waals surface area contributed by atoms with Crippen LogP contribution in [0.15, 0.2) is 0 Å². The van der Waals surface area contributed by atoms with Gasteiger partial charge >= 0.3 is 74.4 Å². The summed E-state index contributed by atoms with van der Waals surface area (Å²) in [7, 11) is 17.0. The average molecular weight is 318 g/mol. The molecule has 0 radical (unpaired) electrons. The molecule has 0 heterocycles. The molecule has 0 unspecified atom stereocenters. The zero-order valence-corrected chi connectivity index (χ0v) is 10.6. The first-order valence-electron chi connectivity index (χ1n) is 2.86. The molecule has 0 saturated carbocycles. The SMILES string of the molecule is CC[O][Sb]([Cl])([Cl])([Cl])[O]CC. The maximum absolute atomic E-state index is 5.68. The summed E-state index contributed by atoms with van der Waals surface area (Å²) in [5.41, 5.74) is 0. The van der Waals surface area contributed by atoms with Gasteiger partial charge in [0.2, 0.25) is 0 Å². The molecule has 0 aromatic heterocycles. The van der Waals surface area contributed by atoms with Gasteiger partial charge in [-0.2, -0.15) is 0 Å². The van der Waals surface area contributed by atoms with E-state index in [1.807, 2.05) is 0 Å². The van der Waals surface area contributed by atoms with Gasteiger partial charge in [-0.25, -0.2) is 0 Å². The van der Waals surface area contributed by atoms with Crippen LogP contribution in [0.4, 0.5) is 0 Å². The molecule has 0 aliphatic rings. The summed E-state index contributed by atoms with van der Waals surface area (Å²) in [4.78, 5) is 0. The molecule has 0 rings (SSSR count). The van der Waals surface area contributed by atoms with Crippen LogP contribution >= 0.6 is 26.5 Å². The van der Waals surface area contributed by atoms with E-state index in [4.69, 9.17) is 32.5 Å². The van der Waals surface area contributed by atoms with E-state index < -0.39 is 14.8 Å². The van der Waals surface area contributed by atoms with Crippen LogP contribution in [0.3, 0.4) is 0 Å². The second-order valence-corrected chi connectivity index (χ2v) is 22.7. The Morgan fingerprint density at radius 1 is 1.00 bits per heavy atom. The summed E-state index contributed by atoms with van der Waals surface area (Å²) in [5, 5.41) is 0. The van der Waals surface area contributed by atoms with Gasteiger partial charge in [0.1, 0.15) is 0 Å². The van der Waals surface area contributed by atoms with Crippen LogP contribution in [-0.4, -0.2) is 28.0 Å². The third-order valence-electron chi connectivity index (χ3n) is 0.656. The van der Waals surface area contributed by atoms with Gasteiger partial charge in [-0.1, -0.05) is 0 Å². The Kier molecular flexibility index (Phi) is 4.67. The molecule has 0 aliphatic heterocycles. The molecule has 0 fully saturated rings. The van der Waals surface area contributed by atoms with Gasteiger partial charge < -0.3 is 0 Å². The van der Waals surface area contributed by atoms with Crippen molar-refractivity contribution in [3.63, 3.8) is 0 Å². The maximum atomic E-state index is 5.68. The van der Waals surface area contributed by atoms with Crippen LogP contribution in [-0.2, 0) is 6.03 Å². The molecule has 0 aliphatic carbocycles. The Bertz CT molecular complexity index is 101. The average Bonchev–Trinajstić information content (AvgIpc) is 1.61. The van der Waals surface area contributed by atoms with Crippen molar-refractivity contribution in [3.05, 3.63) is 0 Å². The van der Waals surface area contributed by atoms with E-state index in [0.29, 0.717) is 13.2 Å². The molecule has 10 heavy (non-hydrogen) atoms. The second kappa shape index (κ2) is 4.02. The number of hydrogen-bond acceptors (Lipinski definition) is 2. The van der Waals surface area contributed by atoms with E-state index in [9.17, 15) is 0 Å². The van der Waals surface area contributed by atoms with Crippen molar-refractivity contribution in [1.82, 2.24) is 0 Å².